The molecule has 0 spiro atoms. The zero-order valence-corrected chi connectivity index (χ0v) is 11.0. The molecular formula is C16H26O. The molecular weight excluding hydrogens is 208 g/mol. The summed E-state index contributed by atoms with van der Waals surface area (Å²) in [6.45, 7) is 5.71. The maximum atomic E-state index is 9.53. The van der Waals surface area contributed by atoms with Crippen molar-refractivity contribution in [2.45, 2.75) is 51.6 Å². The van der Waals surface area contributed by atoms with E-state index in [1.807, 2.05) is 24.3 Å². The van der Waals surface area contributed by atoms with Gasteiger partial charge in [0.05, 0.1) is 6.10 Å². The maximum Gasteiger partial charge on any atom is 0.0540 e. The number of rotatable bonds is 10. The molecule has 0 aromatic rings. The van der Waals surface area contributed by atoms with E-state index in [1.54, 1.807) is 6.08 Å². The summed E-state index contributed by atoms with van der Waals surface area (Å²) in [7, 11) is 0. The quantitative estimate of drug-likeness (QED) is 0.434. The summed E-state index contributed by atoms with van der Waals surface area (Å²) in [6.07, 6.45) is 20.1. The van der Waals surface area contributed by atoms with E-state index in [0.717, 1.165) is 38.5 Å². The van der Waals surface area contributed by atoms with Gasteiger partial charge in [-0.1, -0.05) is 68.9 Å². The Hall–Kier alpha value is -1.08. The van der Waals surface area contributed by atoms with Gasteiger partial charge in [0.2, 0.25) is 0 Å². The molecule has 0 radical (unpaired) electrons. The van der Waals surface area contributed by atoms with E-state index >= 15 is 0 Å². The van der Waals surface area contributed by atoms with Gasteiger partial charge in [-0.05, 0) is 25.7 Å². The Kier molecular flexibility index (Phi) is 12.2. The van der Waals surface area contributed by atoms with Crippen LogP contribution in [-0.4, -0.2) is 11.2 Å². The second-order valence-electron chi connectivity index (χ2n) is 4.16. The summed E-state index contributed by atoms with van der Waals surface area (Å²) in [5.41, 5.74) is 0. The van der Waals surface area contributed by atoms with Gasteiger partial charge in [-0.15, -0.1) is 0 Å². The third kappa shape index (κ3) is 12.9. The molecule has 17 heavy (non-hydrogen) atoms. The molecule has 0 saturated carbocycles. The molecule has 0 bridgehead atoms. The predicted molar refractivity (Wildman–Crippen MR) is 77.0 cm³/mol. The summed E-state index contributed by atoms with van der Waals surface area (Å²) in [4.78, 5) is 0. The maximum absolute atomic E-state index is 9.53. The Morgan fingerprint density at radius 3 is 2.41 bits per heavy atom. The second kappa shape index (κ2) is 13.0. The normalized spacial score (nSPS) is 14.0. The molecule has 1 nitrogen and oxygen atoms in total. The van der Waals surface area contributed by atoms with E-state index < -0.39 is 0 Å². The molecule has 0 amide bonds. The smallest absolute Gasteiger partial charge is 0.0540 e. The van der Waals surface area contributed by atoms with E-state index in [2.05, 4.69) is 25.7 Å². The fourth-order valence-corrected chi connectivity index (χ4v) is 1.57. The van der Waals surface area contributed by atoms with Crippen molar-refractivity contribution >= 4 is 0 Å². The van der Waals surface area contributed by atoms with Crippen molar-refractivity contribution in [3.63, 3.8) is 0 Å². The van der Waals surface area contributed by atoms with Crippen molar-refractivity contribution in [2.75, 3.05) is 0 Å². The van der Waals surface area contributed by atoms with Crippen molar-refractivity contribution in [1.82, 2.24) is 0 Å². The van der Waals surface area contributed by atoms with E-state index in [1.165, 1.54) is 0 Å². The lowest BCUT2D eigenvalue weighted by molar-refractivity contribution is 0.150. The Morgan fingerprint density at radius 2 is 1.71 bits per heavy atom. The third-order valence-corrected chi connectivity index (χ3v) is 2.50. The average Bonchev–Trinajstić information content (AvgIpc) is 2.32. The van der Waals surface area contributed by atoms with Gasteiger partial charge >= 0.3 is 0 Å². The van der Waals surface area contributed by atoms with Crippen LogP contribution in [0, 0.1) is 0 Å². The highest BCUT2D eigenvalue weighted by Crippen LogP contribution is 2.08. The highest BCUT2D eigenvalue weighted by molar-refractivity contribution is 5.14. The van der Waals surface area contributed by atoms with Crippen LogP contribution in [0.1, 0.15) is 45.4 Å². The van der Waals surface area contributed by atoms with Crippen LogP contribution in [0.5, 0.6) is 0 Å². The van der Waals surface area contributed by atoms with Crippen molar-refractivity contribution in [1.29, 1.82) is 0 Å². The van der Waals surface area contributed by atoms with E-state index in [-0.39, 0.29) is 6.10 Å². The van der Waals surface area contributed by atoms with Crippen LogP contribution >= 0.6 is 0 Å². The number of allylic oxidation sites excluding steroid dienone is 7. The minimum absolute atomic E-state index is 0.0899. The molecule has 0 aliphatic carbocycles. The molecule has 1 heteroatoms. The molecule has 1 N–H and O–H groups in total. The predicted octanol–water partition coefficient (Wildman–Crippen LogP) is 4.56. The van der Waals surface area contributed by atoms with Gasteiger partial charge in [-0.2, -0.15) is 0 Å². The number of hydrogen-bond donors (Lipinski definition) is 1. The molecule has 0 saturated heterocycles. The van der Waals surface area contributed by atoms with Gasteiger partial charge < -0.3 is 5.11 Å². The number of hydrogen-bond acceptors (Lipinski definition) is 1. The zero-order valence-electron chi connectivity index (χ0n) is 11.0. The van der Waals surface area contributed by atoms with Crippen molar-refractivity contribution in [3.05, 3.63) is 49.1 Å². The van der Waals surface area contributed by atoms with Crippen LogP contribution in [-0.2, 0) is 0 Å². The Labute approximate surface area is 106 Å². The van der Waals surface area contributed by atoms with Crippen LogP contribution in [0.2, 0.25) is 0 Å². The number of aliphatic hydroxyl groups is 1. The molecule has 0 aliphatic heterocycles. The summed E-state index contributed by atoms with van der Waals surface area (Å²) in [5, 5.41) is 9.53. The molecule has 1 unspecified atom stereocenters. The van der Waals surface area contributed by atoms with E-state index in [0.29, 0.717) is 0 Å². The lowest BCUT2D eigenvalue weighted by Gasteiger charge is -2.07. The van der Waals surface area contributed by atoms with Crippen LogP contribution in [0.15, 0.2) is 49.1 Å². The molecule has 0 aliphatic rings. The fourth-order valence-electron chi connectivity index (χ4n) is 1.57. The number of unbranched alkanes of at least 4 members (excludes halogenated alkanes) is 2. The van der Waals surface area contributed by atoms with Crippen molar-refractivity contribution in [3.8, 4) is 0 Å². The Balaban J connectivity index is 3.38. The van der Waals surface area contributed by atoms with Crippen molar-refractivity contribution < 1.29 is 5.11 Å². The third-order valence-electron chi connectivity index (χ3n) is 2.50. The van der Waals surface area contributed by atoms with Crippen LogP contribution < -0.4 is 0 Å². The van der Waals surface area contributed by atoms with Gasteiger partial charge in [-0.3, -0.25) is 0 Å². The highest BCUT2D eigenvalue weighted by Gasteiger charge is 2.00. The molecule has 0 heterocycles. The summed E-state index contributed by atoms with van der Waals surface area (Å²) in [6, 6.07) is 0. The first-order valence-electron chi connectivity index (χ1n) is 6.60. The SMILES string of the molecule is C=CC=CC=CC=CCCCCC(O)CCC. The van der Waals surface area contributed by atoms with Crippen molar-refractivity contribution in [2.24, 2.45) is 0 Å². The minimum atomic E-state index is -0.0899. The summed E-state index contributed by atoms with van der Waals surface area (Å²) < 4.78 is 0. The number of aliphatic hydroxyl groups excluding tert-OH is 1. The Bertz CT molecular complexity index is 248. The van der Waals surface area contributed by atoms with Gasteiger partial charge in [0.15, 0.2) is 0 Å². The monoisotopic (exact) mass is 234 g/mol. The molecule has 96 valence electrons. The van der Waals surface area contributed by atoms with Gasteiger partial charge in [0, 0.05) is 0 Å². The van der Waals surface area contributed by atoms with Crippen LogP contribution in [0.3, 0.4) is 0 Å². The average molecular weight is 234 g/mol. The van der Waals surface area contributed by atoms with Gasteiger partial charge in [-0.25, -0.2) is 0 Å². The lowest BCUT2D eigenvalue weighted by Crippen LogP contribution is -2.04. The first kappa shape index (κ1) is 15.9. The molecule has 0 rings (SSSR count). The Morgan fingerprint density at radius 1 is 1.00 bits per heavy atom. The molecule has 0 aromatic carbocycles. The van der Waals surface area contributed by atoms with E-state index in [9.17, 15) is 5.11 Å². The first-order valence-corrected chi connectivity index (χ1v) is 6.60. The lowest BCUT2D eigenvalue weighted by atomic mass is 10.1. The van der Waals surface area contributed by atoms with Crippen LogP contribution in [0.25, 0.3) is 0 Å². The molecule has 1 atom stereocenters. The largest absolute Gasteiger partial charge is 0.393 e. The molecule has 0 aromatic heterocycles. The second-order valence-corrected chi connectivity index (χ2v) is 4.16. The van der Waals surface area contributed by atoms with Gasteiger partial charge in [0.25, 0.3) is 0 Å². The fraction of sp³-hybridized carbons (Fsp3) is 0.500. The standard InChI is InChI=1S/C16H26O/c1-3-5-6-7-8-9-10-11-12-13-15-16(17)14-4-2/h3,5-10,16-17H,1,4,11-15H2,2H3. The zero-order chi connectivity index (χ0) is 12.8. The summed E-state index contributed by atoms with van der Waals surface area (Å²) in [5.74, 6) is 0. The highest BCUT2D eigenvalue weighted by atomic mass is 16.3. The first-order chi connectivity index (χ1) is 8.31. The van der Waals surface area contributed by atoms with Crippen LogP contribution in [0.4, 0.5) is 0 Å². The van der Waals surface area contributed by atoms with E-state index in [4.69, 9.17) is 0 Å². The molecule has 0 fully saturated rings. The topological polar surface area (TPSA) is 20.2 Å². The van der Waals surface area contributed by atoms with Gasteiger partial charge in [0.1, 0.15) is 0 Å². The minimum Gasteiger partial charge on any atom is -0.393 e. The summed E-state index contributed by atoms with van der Waals surface area (Å²) >= 11 is 0.